The fourth-order valence-corrected chi connectivity index (χ4v) is 4.74. The quantitative estimate of drug-likeness (QED) is 0.406. The van der Waals surface area contributed by atoms with E-state index in [4.69, 9.17) is 0 Å². The van der Waals surface area contributed by atoms with Gasteiger partial charge in [-0.05, 0) is 74.9 Å². The Bertz CT molecular complexity index is 866. The summed E-state index contributed by atoms with van der Waals surface area (Å²) in [4.78, 5) is 28.2. The Kier molecular flexibility index (Phi) is 6.80. The zero-order chi connectivity index (χ0) is 19.6. The van der Waals surface area contributed by atoms with Crippen LogP contribution in [0.3, 0.4) is 0 Å². The molecule has 142 valence electrons. The molecule has 2 amide bonds. The molecule has 1 N–H and O–H groups in total. The van der Waals surface area contributed by atoms with Gasteiger partial charge in [-0.3, -0.25) is 9.59 Å². The minimum atomic E-state index is -0.149. The third kappa shape index (κ3) is 5.03. The number of amides is 2. The van der Waals surface area contributed by atoms with E-state index in [0.717, 1.165) is 50.1 Å². The molecule has 0 atom stereocenters. The van der Waals surface area contributed by atoms with E-state index in [1.54, 1.807) is 6.92 Å². The summed E-state index contributed by atoms with van der Waals surface area (Å²) < 4.78 is 2.59. The van der Waals surface area contributed by atoms with Crippen LogP contribution in [-0.2, 0) is 4.79 Å². The smallest absolute Gasteiger partial charge is 0.256 e. The van der Waals surface area contributed by atoms with Gasteiger partial charge in [-0.1, -0.05) is 15.9 Å². The lowest BCUT2D eigenvalue weighted by Gasteiger charge is -2.35. The van der Waals surface area contributed by atoms with Gasteiger partial charge < -0.3 is 15.1 Å². The molecule has 0 spiro atoms. The highest BCUT2D eigenvalue weighted by atomic mass is 127. The molecule has 1 saturated heterocycles. The first-order chi connectivity index (χ1) is 12.8. The van der Waals surface area contributed by atoms with Crippen LogP contribution in [0, 0.1) is 3.57 Å². The van der Waals surface area contributed by atoms with Crippen LogP contribution in [0.1, 0.15) is 17.3 Å². The van der Waals surface area contributed by atoms with E-state index in [2.05, 4.69) is 64.7 Å². The number of anilines is 2. The van der Waals surface area contributed by atoms with E-state index in [0.29, 0.717) is 5.56 Å². The zero-order valence-corrected chi connectivity index (χ0v) is 20.0. The van der Waals surface area contributed by atoms with Gasteiger partial charge in [0.25, 0.3) is 5.91 Å². The van der Waals surface area contributed by atoms with E-state index in [9.17, 15) is 9.59 Å². The van der Waals surface area contributed by atoms with Gasteiger partial charge in [-0.25, -0.2) is 0 Å². The lowest BCUT2D eigenvalue weighted by Crippen LogP contribution is -2.48. The number of hydrogen-bond donors (Lipinski definition) is 1. The second kappa shape index (κ2) is 8.91. The molecule has 1 aliphatic heterocycles. The molecule has 3 rings (SSSR count). The van der Waals surface area contributed by atoms with E-state index >= 15 is 0 Å². The van der Waals surface area contributed by atoms with Gasteiger partial charge in [0.15, 0.2) is 0 Å². The minimum absolute atomic E-state index is 0.126. The van der Waals surface area contributed by atoms with Crippen LogP contribution in [0.2, 0.25) is 0 Å². The van der Waals surface area contributed by atoms with Crippen molar-refractivity contribution in [2.24, 2.45) is 0 Å². The topological polar surface area (TPSA) is 52.7 Å². The highest BCUT2D eigenvalue weighted by molar-refractivity contribution is 14.1. The van der Waals surface area contributed by atoms with Crippen molar-refractivity contribution in [1.29, 1.82) is 0 Å². The molecule has 1 aliphatic rings. The lowest BCUT2D eigenvalue weighted by molar-refractivity contribution is -0.129. The van der Waals surface area contributed by atoms with Gasteiger partial charge in [0.1, 0.15) is 0 Å². The molecular formula is C19H18Br2IN3O2. The molecule has 0 unspecified atom stereocenters. The van der Waals surface area contributed by atoms with Crippen molar-refractivity contribution < 1.29 is 9.59 Å². The van der Waals surface area contributed by atoms with Crippen LogP contribution in [-0.4, -0.2) is 42.9 Å². The number of nitrogens with zero attached hydrogens (tertiary/aromatic N) is 2. The Morgan fingerprint density at radius 2 is 1.67 bits per heavy atom. The monoisotopic (exact) mass is 605 g/mol. The molecule has 2 aromatic carbocycles. The van der Waals surface area contributed by atoms with Crippen molar-refractivity contribution in [3.63, 3.8) is 0 Å². The lowest BCUT2D eigenvalue weighted by atomic mass is 10.2. The number of piperazine rings is 1. The van der Waals surface area contributed by atoms with Gasteiger partial charge in [0.05, 0.1) is 5.56 Å². The number of halogens is 3. The summed E-state index contributed by atoms with van der Waals surface area (Å²) in [5.74, 6) is -0.0225. The Morgan fingerprint density at radius 1 is 1.04 bits per heavy atom. The maximum absolute atomic E-state index is 12.6. The summed E-state index contributed by atoms with van der Waals surface area (Å²) in [7, 11) is 0. The van der Waals surface area contributed by atoms with Crippen molar-refractivity contribution in [1.82, 2.24) is 4.90 Å². The predicted molar refractivity (Wildman–Crippen MR) is 123 cm³/mol. The van der Waals surface area contributed by atoms with E-state index < -0.39 is 0 Å². The van der Waals surface area contributed by atoms with Gasteiger partial charge in [-0.2, -0.15) is 0 Å². The zero-order valence-electron chi connectivity index (χ0n) is 14.6. The fraction of sp³-hybridized carbons (Fsp3) is 0.263. The Labute approximate surface area is 188 Å². The Hall–Kier alpha value is -1.13. The van der Waals surface area contributed by atoms with Gasteiger partial charge in [0, 0.05) is 57.0 Å². The summed E-state index contributed by atoms with van der Waals surface area (Å²) in [5.41, 5.74) is 2.45. The maximum atomic E-state index is 12.6. The average Bonchev–Trinajstić information content (AvgIpc) is 2.65. The fourth-order valence-electron chi connectivity index (χ4n) is 2.95. The summed E-state index contributed by atoms with van der Waals surface area (Å²) in [6, 6.07) is 11.5. The highest BCUT2D eigenvalue weighted by Crippen LogP contribution is 2.28. The first-order valence-electron chi connectivity index (χ1n) is 8.41. The average molecular weight is 607 g/mol. The number of carbonyl (C=O) groups excluding carboxylic acids is 2. The molecule has 0 saturated carbocycles. The van der Waals surface area contributed by atoms with E-state index in [1.807, 2.05) is 41.3 Å². The predicted octanol–water partition coefficient (Wildman–Crippen LogP) is 4.74. The van der Waals surface area contributed by atoms with Crippen LogP contribution >= 0.6 is 54.5 Å². The van der Waals surface area contributed by atoms with Crippen LogP contribution in [0.15, 0.2) is 45.3 Å². The molecule has 5 nitrogen and oxygen atoms in total. The van der Waals surface area contributed by atoms with Gasteiger partial charge in [0.2, 0.25) is 5.91 Å². The van der Waals surface area contributed by atoms with Crippen molar-refractivity contribution in [3.8, 4) is 0 Å². The molecule has 1 fully saturated rings. The van der Waals surface area contributed by atoms with E-state index in [1.165, 1.54) is 0 Å². The first kappa shape index (κ1) is 20.6. The largest absolute Gasteiger partial charge is 0.368 e. The molecular weight excluding hydrogens is 589 g/mol. The van der Waals surface area contributed by atoms with Crippen molar-refractivity contribution >= 4 is 77.6 Å². The second-order valence-electron chi connectivity index (χ2n) is 6.24. The summed E-state index contributed by atoms with van der Waals surface area (Å²) >= 11 is 9.05. The third-order valence-electron chi connectivity index (χ3n) is 4.45. The van der Waals surface area contributed by atoms with Crippen molar-refractivity contribution in [2.75, 3.05) is 36.4 Å². The molecule has 0 aliphatic carbocycles. The molecule has 27 heavy (non-hydrogen) atoms. The molecule has 2 aromatic rings. The summed E-state index contributed by atoms with van der Waals surface area (Å²) in [5, 5.41) is 2.95. The highest BCUT2D eigenvalue weighted by Gasteiger charge is 2.19. The molecule has 0 bridgehead atoms. The normalized spacial score (nSPS) is 14.2. The number of benzene rings is 2. The number of hydrogen-bond acceptors (Lipinski definition) is 3. The third-order valence-corrected chi connectivity index (χ3v) is 7.44. The Morgan fingerprint density at radius 3 is 2.26 bits per heavy atom. The standard InChI is InChI=1S/C19H18Br2IN3O2/c1-12(26)24-6-8-25(9-7-24)15-4-2-14(3-5-15)23-19(27)16-10-13(20)11-17(21)18(16)22/h2-5,10-11H,6-9H2,1H3,(H,23,27). The SMILES string of the molecule is CC(=O)N1CCN(c2ccc(NC(=O)c3cc(Br)cc(Br)c3I)cc2)CC1. The van der Waals surface area contributed by atoms with Gasteiger partial charge in [-0.15, -0.1) is 0 Å². The van der Waals surface area contributed by atoms with Crippen LogP contribution in [0.4, 0.5) is 11.4 Å². The van der Waals surface area contributed by atoms with Crippen molar-refractivity contribution in [3.05, 3.63) is 54.5 Å². The summed E-state index contributed by atoms with van der Waals surface area (Å²) in [6.07, 6.45) is 0. The number of rotatable bonds is 3. The maximum Gasteiger partial charge on any atom is 0.256 e. The van der Waals surface area contributed by atoms with E-state index in [-0.39, 0.29) is 11.8 Å². The number of nitrogens with one attached hydrogen (secondary N) is 1. The molecule has 1 heterocycles. The summed E-state index contributed by atoms with van der Waals surface area (Å²) in [6.45, 7) is 4.72. The second-order valence-corrected chi connectivity index (χ2v) is 9.09. The van der Waals surface area contributed by atoms with Crippen LogP contribution in [0.5, 0.6) is 0 Å². The molecule has 8 heteroatoms. The molecule has 0 radical (unpaired) electrons. The van der Waals surface area contributed by atoms with Crippen LogP contribution < -0.4 is 10.2 Å². The Balaban J connectivity index is 1.66. The number of carbonyl (C=O) groups is 2. The minimum Gasteiger partial charge on any atom is -0.368 e. The van der Waals surface area contributed by atoms with Crippen LogP contribution in [0.25, 0.3) is 0 Å². The molecule has 0 aromatic heterocycles. The van der Waals surface area contributed by atoms with Gasteiger partial charge >= 0.3 is 0 Å². The first-order valence-corrected chi connectivity index (χ1v) is 11.1. The van der Waals surface area contributed by atoms with Crippen molar-refractivity contribution in [2.45, 2.75) is 6.92 Å².